The molecule has 2 aliphatic rings. The van der Waals surface area contributed by atoms with Gasteiger partial charge in [-0.15, -0.1) is 0 Å². The molecule has 0 spiro atoms. The lowest BCUT2D eigenvalue weighted by atomic mass is 10.00. The van der Waals surface area contributed by atoms with Crippen LogP contribution >= 0.6 is 0 Å². The minimum atomic E-state index is -3.08. The molecule has 39 heavy (non-hydrogen) atoms. The number of carbonyl (C=O) groups excluding carboxylic acids is 1. The van der Waals surface area contributed by atoms with Crippen molar-refractivity contribution in [3.8, 4) is 34.6 Å². The number of piperidine rings is 1. The molecule has 1 saturated heterocycles. The topological polar surface area (TPSA) is 89.1 Å². The quantitative estimate of drug-likeness (QED) is 0.219. The van der Waals surface area contributed by atoms with Gasteiger partial charge in [0, 0.05) is 37.3 Å². The number of hydrogen-bond acceptors (Lipinski definition) is 7. The molecule has 1 unspecified atom stereocenters. The van der Waals surface area contributed by atoms with Crippen LogP contribution in [0.15, 0.2) is 36.7 Å². The van der Waals surface area contributed by atoms with Gasteiger partial charge >= 0.3 is 6.61 Å². The van der Waals surface area contributed by atoms with Gasteiger partial charge in [0.2, 0.25) is 0 Å². The van der Waals surface area contributed by atoms with Crippen molar-refractivity contribution in [3.05, 3.63) is 42.2 Å². The zero-order chi connectivity index (χ0) is 27.4. The number of fused-ring (bicyclic) bond motifs is 1. The van der Waals surface area contributed by atoms with Crippen LogP contribution in [-0.2, 0) is 0 Å². The minimum Gasteiger partial charge on any atom is -0.496 e. The van der Waals surface area contributed by atoms with Crippen LogP contribution in [0.25, 0.3) is 16.9 Å². The van der Waals surface area contributed by atoms with Crippen LogP contribution in [0.4, 0.5) is 8.78 Å². The van der Waals surface area contributed by atoms with Gasteiger partial charge in [-0.25, -0.2) is 4.98 Å². The van der Waals surface area contributed by atoms with E-state index in [4.69, 9.17) is 19.5 Å². The summed E-state index contributed by atoms with van der Waals surface area (Å²) in [6, 6.07) is 9.11. The van der Waals surface area contributed by atoms with Gasteiger partial charge < -0.3 is 19.1 Å². The van der Waals surface area contributed by atoms with E-state index in [0.29, 0.717) is 29.3 Å². The fraction of sp³-hybridized carbons (Fsp3) is 0.483. The van der Waals surface area contributed by atoms with E-state index in [1.165, 1.54) is 13.2 Å². The number of rotatable bonds is 12. The number of nitriles is 1. The summed E-state index contributed by atoms with van der Waals surface area (Å²) < 4.78 is 44.6. The molecule has 3 aromatic rings. The largest absolute Gasteiger partial charge is 0.496 e. The number of nitrogens with zero attached hydrogens (tertiary/aromatic N) is 4. The highest BCUT2D eigenvalue weighted by Gasteiger charge is 2.30. The summed E-state index contributed by atoms with van der Waals surface area (Å²) in [4.78, 5) is 19.7. The van der Waals surface area contributed by atoms with E-state index < -0.39 is 6.61 Å². The Labute approximate surface area is 226 Å². The van der Waals surface area contributed by atoms with Gasteiger partial charge in [-0.2, -0.15) is 14.0 Å². The Morgan fingerprint density at radius 2 is 2.05 bits per heavy atom. The molecule has 5 rings (SSSR count). The van der Waals surface area contributed by atoms with Crippen LogP contribution < -0.4 is 14.2 Å². The average Bonchev–Trinajstić information content (AvgIpc) is 3.65. The lowest BCUT2D eigenvalue weighted by Crippen LogP contribution is -2.36. The molecule has 0 N–H and O–H groups in total. The third-order valence-electron chi connectivity index (χ3n) is 7.31. The third-order valence-corrected chi connectivity index (χ3v) is 7.31. The molecule has 0 bridgehead atoms. The maximum Gasteiger partial charge on any atom is 0.387 e. The van der Waals surface area contributed by atoms with E-state index in [-0.39, 0.29) is 41.1 Å². The van der Waals surface area contributed by atoms with E-state index in [0.717, 1.165) is 51.7 Å². The van der Waals surface area contributed by atoms with Crippen molar-refractivity contribution in [2.75, 3.05) is 33.4 Å². The molecule has 1 aromatic carbocycles. The molecule has 0 radical (unpaired) electrons. The van der Waals surface area contributed by atoms with Crippen LogP contribution in [0, 0.1) is 23.2 Å². The van der Waals surface area contributed by atoms with Crippen LogP contribution in [-0.4, -0.2) is 60.0 Å². The molecular weight excluding hydrogens is 506 g/mol. The average molecular weight is 539 g/mol. The molecule has 2 aromatic heterocycles. The summed E-state index contributed by atoms with van der Waals surface area (Å²) in [7, 11) is 1.41. The Morgan fingerprint density at radius 1 is 1.23 bits per heavy atom. The number of ketones is 1. The zero-order valence-corrected chi connectivity index (χ0v) is 21.9. The minimum absolute atomic E-state index is 0.0469. The number of methoxy groups -OCH3 is 1. The molecule has 1 saturated carbocycles. The molecule has 2 fully saturated rings. The Bertz CT molecular complexity index is 1370. The first-order valence-corrected chi connectivity index (χ1v) is 13.4. The van der Waals surface area contributed by atoms with Gasteiger partial charge in [-0.05, 0) is 62.8 Å². The van der Waals surface area contributed by atoms with E-state index in [1.807, 2.05) is 16.5 Å². The van der Waals surface area contributed by atoms with Gasteiger partial charge in [-0.1, -0.05) is 0 Å². The highest BCUT2D eigenvalue weighted by atomic mass is 19.3. The summed E-state index contributed by atoms with van der Waals surface area (Å²) in [6.45, 7) is 0.189. The fourth-order valence-electron chi connectivity index (χ4n) is 5.16. The van der Waals surface area contributed by atoms with E-state index in [1.54, 1.807) is 18.5 Å². The Kier molecular flexibility index (Phi) is 8.27. The van der Waals surface area contributed by atoms with Gasteiger partial charge in [0.05, 0.1) is 37.6 Å². The number of ether oxygens (including phenoxy) is 3. The van der Waals surface area contributed by atoms with Crippen molar-refractivity contribution in [2.45, 2.75) is 45.1 Å². The first-order valence-electron chi connectivity index (χ1n) is 13.4. The number of halogens is 2. The van der Waals surface area contributed by atoms with Crippen molar-refractivity contribution in [3.63, 3.8) is 0 Å². The molecule has 1 aliphatic heterocycles. The lowest BCUT2D eigenvalue weighted by molar-refractivity contribution is -0.0502. The number of carbonyl (C=O) groups is 1. The maximum atomic E-state index is 13.3. The first kappa shape index (κ1) is 26.9. The highest BCUT2D eigenvalue weighted by Crippen LogP contribution is 2.40. The molecule has 8 nitrogen and oxygen atoms in total. The second-order valence-electron chi connectivity index (χ2n) is 10.2. The number of alkyl halides is 2. The Hall–Kier alpha value is -3.71. The van der Waals surface area contributed by atoms with Crippen LogP contribution in [0.5, 0.6) is 17.2 Å². The Balaban J connectivity index is 1.31. The smallest absolute Gasteiger partial charge is 0.387 e. The van der Waals surface area contributed by atoms with Gasteiger partial charge in [0.1, 0.15) is 28.5 Å². The lowest BCUT2D eigenvalue weighted by Gasteiger charge is -2.29. The maximum absolute atomic E-state index is 13.3. The summed E-state index contributed by atoms with van der Waals surface area (Å²) in [5.74, 6) is 0.814. The standard InChI is InChI=1S/C29H32F2N4O4/c1-37-25-13-21(14-26(39-29(30)31)28(25)24(36)12-19-5-6-19)23-17-33-27-15-22(7-10-35(23)27)38-11-3-9-34-8-2-4-20(16-32)18-34/h7,10,13-15,17,19-20,29H,2-6,8-9,11-12,18H2,1H3. The highest BCUT2D eigenvalue weighted by molar-refractivity contribution is 6.02. The SMILES string of the molecule is COc1cc(-c2cnc3cc(OCCCN4CCCC(C#N)C4)ccn23)cc(OC(F)F)c1C(=O)CC1CC1. The van der Waals surface area contributed by atoms with Crippen LogP contribution in [0.2, 0.25) is 0 Å². The molecule has 10 heteroatoms. The van der Waals surface area contributed by atoms with Crippen molar-refractivity contribution in [1.82, 2.24) is 14.3 Å². The fourth-order valence-corrected chi connectivity index (χ4v) is 5.16. The number of Topliss-reactive ketones (excluding diaryl/α,β-unsaturated/α-hetero) is 1. The second-order valence-corrected chi connectivity index (χ2v) is 10.2. The van der Waals surface area contributed by atoms with Crippen LogP contribution in [0.3, 0.4) is 0 Å². The predicted octanol–water partition coefficient (Wildman–Crippen LogP) is 5.60. The number of imidazole rings is 1. The number of likely N-dealkylation sites (tertiary alicyclic amines) is 1. The monoisotopic (exact) mass is 538 g/mol. The summed E-state index contributed by atoms with van der Waals surface area (Å²) in [6.07, 6.45) is 8.53. The first-order chi connectivity index (χ1) is 18.9. The molecule has 1 aliphatic carbocycles. The molecule has 1 atom stereocenters. The van der Waals surface area contributed by atoms with Crippen molar-refractivity contribution < 1.29 is 27.8 Å². The molecule has 206 valence electrons. The third kappa shape index (κ3) is 6.48. The van der Waals surface area contributed by atoms with Crippen molar-refractivity contribution in [2.24, 2.45) is 11.8 Å². The summed E-state index contributed by atoms with van der Waals surface area (Å²) in [5, 5.41) is 9.16. The molecular formula is C29H32F2N4O4. The molecule has 0 amide bonds. The van der Waals surface area contributed by atoms with Gasteiger partial charge in [0.25, 0.3) is 0 Å². The zero-order valence-electron chi connectivity index (χ0n) is 21.9. The van der Waals surface area contributed by atoms with E-state index >= 15 is 0 Å². The van der Waals surface area contributed by atoms with E-state index in [2.05, 4.69) is 16.0 Å². The number of benzene rings is 1. The predicted molar refractivity (Wildman–Crippen MR) is 140 cm³/mol. The van der Waals surface area contributed by atoms with E-state index in [9.17, 15) is 13.6 Å². The van der Waals surface area contributed by atoms with Crippen LogP contribution in [0.1, 0.15) is 48.9 Å². The Morgan fingerprint density at radius 3 is 2.79 bits per heavy atom. The second kappa shape index (κ2) is 12.0. The van der Waals surface area contributed by atoms with Gasteiger partial charge in [0.15, 0.2) is 5.78 Å². The number of pyridine rings is 1. The van der Waals surface area contributed by atoms with Gasteiger partial charge in [-0.3, -0.25) is 9.20 Å². The summed E-state index contributed by atoms with van der Waals surface area (Å²) >= 11 is 0. The normalized spacial score (nSPS) is 17.8. The number of hydrogen-bond donors (Lipinski definition) is 0. The van der Waals surface area contributed by atoms with Crippen molar-refractivity contribution in [1.29, 1.82) is 5.26 Å². The number of aromatic nitrogens is 2. The molecule has 3 heterocycles. The van der Waals surface area contributed by atoms with Crippen molar-refractivity contribution >= 4 is 11.4 Å². The summed E-state index contributed by atoms with van der Waals surface area (Å²) in [5.41, 5.74) is 1.83.